The summed E-state index contributed by atoms with van der Waals surface area (Å²) in [6, 6.07) is 0. The third-order valence-corrected chi connectivity index (χ3v) is 4.25. The van der Waals surface area contributed by atoms with Crippen LogP contribution in [0, 0.1) is 11.8 Å². The zero-order chi connectivity index (χ0) is 14.9. The molecule has 1 aliphatic carbocycles. The lowest BCUT2D eigenvalue weighted by molar-refractivity contribution is -0.163. The van der Waals surface area contributed by atoms with Crippen LogP contribution in [0.1, 0.15) is 46.5 Å². The number of carboxylic acids is 1. The van der Waals surface area contributed by atoms with Crippen LogP contribution in [-0.2, 0) is 14.3 Å². The Morgan fingerprint density at radius 3 is 2.50 bits per heavy atom. The Bertz CT molecular complexity index is 393. The number of ether oxygens (including phenoxy) is 1. The van der Waals surface area contributed by atoms with E-state index in [0.29, 0.717) is 25.9 Å². The Balaban J connectivity index is 2.01. The lowest BCUT2D eigenvalue weighted by Crippen LogP contribution is -2.55. The van der Waals surface area contributed by atoms with Crippen LogP contribution in [0.25, 0.3) is 0 Å². The molecule has 1 saturated heterocycles. The van der Waals surface area contributed by atoms with E-state index in [1.165, 1.54) is 0 Å². The number of hydrogen-bond acceptors (Lipinski definition) is 3. The van der Waals surface area contributed by atoms with E-state index in [9.17, 15) is 9.59 Å². The van der Waals surface area contributed by atoms with Gasteiger partial charge in [0.2, 0.25) is 5.91 Å². The molecule has 114 valence electrons. The van der Waals surface area contributed by atoms with E-state index in [-0.39, 0.29) is 29.4 Å². The van der Waals surface area contributed by atoms with Crippen LogP contribution >= 0.6 is 0 Å². The lowest BCUT2D eigenvalue weighted by atomic mass is 9.80. The van der Waals surface area contributed by atoms with Crippen LogP contribution in [0.3, 0.4) is 0 Å². The minimum absolute atomic E-state index is 0.0292. The SMILES string of the molecule is C[C@@H]1CN(C(=O)[C@H]2CCC[C@@H](C(=O)O)C2)CC(C)(C)O1. The molecule has 0 unspecified atom stereocenters. The Morgan fingerprint density at radius 1 is 1.25 bits per heavy atom. The fourth-order valence-corrected chi connectivity index (χ4v) is 3.52. The van der Waals surface area contributed by atoms with Gasteiger partial charge in [0.15, 0.2) is 0 Å². The van der Waals surface area contributed by atoms with Crippen molar-refractivity contribution in [1.29, 1.82) is 0 Å². The summed E-state index contributed by atoms with van der Waals surface area (Å²) < 4.78 is 5.81. The van der Waals surface area contributed by atoms with Crippen molar-refractivity contribution in [2.24, 2.45) is 11.8 Å². The second-order valence-corrected chi connectivity index (χ2v) is 6.81. The minimum atomic E-state index is -0.766. The number of rotatable bonds is 2. The second-order valence-electron chi connectivity index (χ2n) is 6.81. The predicted molar refractivity (Wildman–Crippen MR) is 74.3 cm³/mol. The van der Waals surface area contributed by atoms with Crippen molar-refractivity contribution in [2.45, 2.75) is 58.2 Å². The number of amides is 1. The number of aliphatic carboxylic acids is 1. The quantitative estimate of drug-likeness (QED) is 0.840. The van der Waals surface area contributed by atoms with Crippen molar-refractivity contribution < 1.29 is 19.4 Å². The summed E-state index contributed by atoms with van der Waals surface area (Å²) in [5.41, 5.74) is -0.325. The molecule has 0 bridgehead atoms. The lowest BCUT2D eigenvalue weighted by Gasteiger charge is -2.43. The molecule has 1 N–H and O–H groups in total. The van der Waals surface area contributed by atoms with Crippen molar-refractivity contribution in [2.75, 3.05) is 13.1 Å². The number of carboxylic acid groups (broad SMARTS) is 1. The molecule has 1 aliphatic heterocycles. The Labute approximate surface area is 120 Å². The highest BCUT2D eigenvalue weighted by atomic mass is 16.5. The van der Waals surface area contributed by atoms with Gasteiger partial charge in [0.25, 0.3) is 0 Å². The molecule has 3 atom stereocenters. The summed E-state index contributed by atoms with van der Waals surface area (Å²) in [5, 5.41) is 9.13. The standard InChI is InChI=1S/C15H25NO4/c1-10-8-16(9-15(2,3)20-10)13(17)11-5-4-6-12(7-11)14(18)19/h10-12H,4-9H2,1-3H3,(H,18,19)/t10-,11+,12-/m1/s1. The molecule has 5 nitrogen and oxygen atoms in total. The topological polar surface area (TPSA) is 66.8 Å². The van der Waals surface area contributed by atoms with Crippen molar-refractivity contribution in [3.05, 3.63) is 0 Å². The Morgan fingerprint density at radius 2 is 1.90 bits per heavy atom. The van der Waals surface area contributed by atoms with Gasteiger partial charge in [-0.3, -0.25) is 9.59 Å². The molecule has 2 rings (SSSR count). The van der Waals surface area contributed by atoms with Crippen molar-refractivity contribution in [3.63, 3.8) is 0 Å². The van der Waals surface area contributed by atoms with Gasteiger partial charge in [0.05, 0.1) is 17.6 Å². The maximum Gasteiger partial charge on any atom is 0.306 e. The Hall–Kier alpha value is -1.10. The number of nitrogens with zero attached hydrogens (tertiary/aromatic N) is 1. The molecule has 2 fully saturated rings. The van der Waals surface area contributed by atoms with E-state index in [1.807, 2.05) is 25.7 Å². The smallest absolute Gasteiger partial charge is 0.306 e. The summed E-state index contributed by atoms with van der Waals surface area (Å²) >= 11 is 0. The monoisotopic (exact) mass is 283 g/mol. The minimum Gasteiger partial charge on any atom is -0.481 e. The molecule has 1 amide bonds. The highest BCUT2D eigenvalue weighted by Crippen LogP contribution is 2.32. The first-order valence-corrected chi connectivity index (χ1v) is 7.48. The molecule has 0 spiro atoms. The molecule has 0 aromatic heterocycles. The summed E-state index contributed by atoms with van der Waals surface area (Å²) in [6.45, 7) is 7.15. The van der Waals surface area contributed by atoms with Crippen LogP contribution in [0.2, 0.25) is 0 Å². The molecule has 5 heteroatoms. The molecule has 0 radical (unpaired) electrons. The van der Waals surface area contributed by atoms with Crippen LogP contribution in [-0.4, -0.2) is 46.7 Å². The zero-order valence-corrected chi connectivity index (χ0v) is 12.6. The van der Waals surface area contributed by atoms with Crippen LogP contribution in [0.5, 0.6) is 0 Å². The van der Waals surface area contributed by atoms with E-state index >= 15 is 0 Å². The zero-order valence-electron chi connectivity index (χ0n) is 12.6. The number of hydrogen-bond donors (Lipinski definition) is 1. The van der Waals surface area contributed by atoms with E-state index in [0.717, 1.165) is 12.8 Å². The molecule has 1 saturated carbocycles. The molecular formula is C15H25NO4. The van der Waals surface area contributed by atoms with Gasteiger partial charge in [0, 0.05) is 19.0 Å². The first kappa shape index (κ1) is 15.3. The average Bonchev–Trinajstić information content (AvgIpc) is 2.35. The van der Waals surface area contributed by atoms with Gasteiger partial charge in [-0.05, 0) is 40.0 Å². The van der Waals surface area contributed by atoms with E-state index in [1.54, 1.807) is 0 Å². The number of carbonyl (C=O) groups excluding carboxylic acids is 1. The molecule has 0 aromatic carbocycles. The Kier molecular flexibility index (Phi) is 4.37. The third-order valence-electron chi connectivity index (χ3n) is 4.25. The van der Waals surface area contributed by atoms with E-state index in [2.05, 4.69) is 0 Å². The highest BCUT2D eigenvalue weighted by molar-refractivity contribution is 5.80. The highest BCUT2D eigenvalue weighted by Gasteiger charge is 2.38. The van der Waals surface area contributed by atoms with Gasteiger partial charge < -0.3 is 14.7 Å². The van der Waals surface area contributed by atoms with Gasteiger partial charge >= 0.3 is 5.97 Å². The van der Waals surface area contributed by atoms with Crippen LogP contribution in [0.4, 0.5) is 0 Å². The molecule has 1 heterocycles. The van der Waals surface area contributed by atoms with Crippen molar-refractivity contribution in [1.82, 2.24) is 4.90 Å². The third kappa shape index (κ3) is 3.51. The molecule has 2 aliphatic rings. The predicted octanol–water partition coefficient (Wildman–Crippen LogP) is 1.90. The summed E-state index contributed by atoms with van der Waals surface area (Å²) in [5.74, 6) is -1.15. The van der Waals surface area contributed by atoms with Crippen LogP contribution in [0.15, 0.2) is 0 Å². The van der Waals surface area contributed by atoms with Gasteiger partial charge in [-0.2, -0.15) is 0 Å². The maximum absolute atomic E-state index is 12.6. The number of carbonyl (C=O) groups is 2. The second kappa shape index (κ2) is 5.72. The summed E-state index contributed by atoms with van der Waals surface area (Å²) in [7, 11) is 0. The molecule has 20 heavy (non-hydrogen) atoms. The normalized spacial score (nSPS) is 33.8. The maximum atomic E-state index is 12.6. The van der Waals surface area contributed by atoms with Crippen molar-refractivity contribution in [3.8, 4) is 0 Å². The molecule has 0 aromatic rings. The van der Waals surface area contributed by atoms with E-state index < -0.39 is 5.97 Å². The van der Waals surface area contributed by atoms with Crippen molar-refractivity contribution >= 4 is 11.9 Å². The largest absolute Gasteiger partial charge is 0.481 e. The molecular weight excluding hydrogens is 258 g/mol. The summed E-state index contributed by atoms with van der Waals surface area (Å²) in [6.07, 6.45) is 2.86. The summed E-state index contributed by atoms with van der Waals surface area (Å²) in [4.78, 5) is 25.6. The van der Waals surface area contributed by atoms with Gasteiger partial charge in [-0.1, -0.05) is 6.42 Å². The fraction of sp³-hybridized carbons (Fsp3) is 0.867. The van der Waals surface area contributed by atoms with Crippen LogP contribution < -0.4 is 0 Å². The number of morpholine rings is 1. The average molecular weight is 283 g/mol. The van der Waals surface area contributed by atoms with Gasteiger partial charge in [-0.15, -0.1) is 0 Å². The first-order chi connectivity index (χ1) is 9.28. The first-order valence-electron chi connectivity index (χ1n) is 7.48. The van der Waals surface area contributed by atoms with Gasteiger partial charge in [0.1, 0.15) is 0 Å². The van der Waals surface area contributed by atoms with E-state index in [4.69, 9.17) is 9.84 Å². The van der Waals surface area contributed by atoms with Gasteiger partial charge in [-0.25, -0.2) is 0 Å². The fourth-order valence-electron chi connectivity index (χ4n) is 3.52.